The van der Waals surface area contributed by atoms with Crippen molar-refractivity contribution in [3.8, 4) is 0 Å². The molecular formula is C29H29F6N2PS. The lowest BCUT2D eigenvalue weighted by atomic mass is 9.90. The molecule has 39 heavy (non-hydrogen) atoms. The summed E-state index contributed by atoms with van der Waals surface area (Å²) in [5.74, 6) is 0.163. The van der Waals surface area contributed by atoms with Crippen LogP contribution in [0.2, 0.25) is 0 Å². The van der Waals surface area contributed by atoms with Gasteiger partial charge in [-0.05, 0) is 74.6 Å². The molecule has 2 N–H and O–H groups in total. The fraction of sp³-hybridized carbons (Fsp3) is 0.345. The second-order valence-corrected chi connectivity index (χ2v) is 13.2. The first-order valence-electron chi connectivity index (χ1n) is 12.6. The second kappa shape index (κ2) is 11.5. The Kier molecular flexibility index (Phi) is 8.62. The number of anilines is 1. The Morgan fingerprint density at radius 3 is 1.82 bits per heavy atom. The molecule has 0 heterocycles. The van der Waals surface area contributed by atoms with Gasteiger partial charge in [0, 0.05) is 16.9 Å². The SMILES string of the molecule is C[C@@H](NC(=S)Nc1cc(C(F)(F)F)cc(C(F)(F)F)c1)[C@@H]1CCCC1(C)P(c1ccccc1)c1ccccc1. The predicted octanol–water partition coefficient (Wildman–Crippen LogP) is 8.09. The first-order chi connectivity index (χ1) is 18.3. The minimum Gasteiger partial charge on any atom is -0.360 e. The van der Waals surface area contributed by atoms with Crippen molar-refractivity contribution in [1.29, 1.82) is 0 Å². The smallest absolute Gasteiger partial charge is 0.360 e. The first-order valence-corrected chi connectivity index (χ1v) is 14.3. The molecule has 1 fully saturated rings. The molecule has 1 aliphatic rings. The van der Waals surface area contributed by atoms with Crippen LogP contribution < -0.4 is 21.2 Å². The van der Waals surface area contributed by atoms with Crippen LogP contribution in [-0.4, -0.2) is 16.3 Å². The van der Waals surface area contributed by atoms with E-state index in [0.29, 0.717) is 12.1 Å². The number of alkyl halides is 6. The molecule has 208 valence electrons. The van der Waals surface area contributed by atoms with Crippen molar-refractivity contribution < 1.29 is 26.3 Å². The number of nitrogens with one attached hydrogen (secondary N) is 2. The number of hydrogen-bond donors (Lipinski definition) is 2. The van der Waals surface area contributed by atoms with Gasteiger partial charge in [0.1, 0.15) is 0 Å². The van der Waals surface area contributed by atoms with Crippen molar-refractivity contribution >= 4 is 41.5 Å². The molecule has 0 spiro atoms. The summed E-state index contributed by atoms with van der Waals surface area (Å²) in [6, 6.07) is 21.9. The average molecular weight is 583 g/mol. The van der Waals surface area contributed by atoms with E-state index < -0.39 is 31.4 Å². The summed E-state index contributed by atoms with van der Waals surface area (Å²) >= 11 is 5.37. The van der Waals surface area contributed by atoms with Crippen molar-refractivity contribution in [3.63, 3.8) is 0 Å². The van der Waals surface area contributed by atoms with Crippen LogP contribution in [0.1, 0.15) is 44.2 Å². The summed E-state index contributed by atoms with van der Waals surface area (Å²) in [6.45, 7) is 4.26. The molecule has 3 aromatic carbocycles. The molecule has 0 aliphatic heterocycles. The highest BCUT2D eigenvalue weighted by atomic mass is 32.1. The third-order valence-electron chi connectivity index (χ3n) is 7.34. The van der Waals surface area contributed by atoms with Gasteiger partial charge in [-0.15, -0.1) is 0 Å². The molecule has 0 bridgehead atoms. The van der Waals surface area contributed by atoms with E-state index in [1.54, 1.807) is 0 Å². The van der Waals surface area contributed by atoms with E-state index in [-0.39, 0.29) is 34.0 Å². The molecule has 1 saturated carbocycles. The Balaban J connectivity index is 1.58. The van der Waals surface area contributed by atoms with Crippen LogP contribution in [0.3, 0.4) is 0 Å². The minimum atomic E-state index is -4.93. The molecular weight excluding hydrogens is 553 g/mol. The van der Waals surface area contributed by atoms with E-state index >= 15 is 0 Å². The lowest BCUT2D eigenvalue weighted by Gasteiger charge is -2.43. The van der Waals surface area contributed by atoms with E-state index in [0.717, 1.165) is 19.3 Å². The summed E-state index contributed by atoms with van der Waals surface area (Å²) in [5.41, 5.74) is -3.15. The summed E-state index contributed by atoms with van der Waals surface area (Å²) < 4.78 is 79.7. The Hall–Kier alpha value is -2.64. The molecule has 3 aromatic rings. The normalized spacial score (nSPS) is 20.6. The van der Waals surface area contributed by atoms with Gasteiger partial charge in [-0.1, -0.05) is 74.0 Å². The van der Waals surface area contributed by atoms with E-state index in [2.05, 4.69) is 41.8 Å². The molecule has 0 aromatic heterocycles. The molecule has 1 aliphatic carbocycles. The molecule has 1 unspecified atom stereocenters. The van der Waals surface area contributed by atoms with Crippen LogP contribution in [0.25, 0.3) is 0 Å². The van der Waals surface area contributed by atoms with Crippen LogP contribution >= 0.6 is 20.1 Å². The van der Waals surface area contributed by atoms with Gasteiger partial charge in [-0.2, -0.15) is 26.3 Å². The van der Waals surface area contributed by atoms with Gasteiger partial charge in [-0.25, -0.2) is 0 Å². The lowest BCUT2D eigenvalue weighted by molar-refractivity contribution is -0.143. The quantitative estimate of drug-likeness (QED) is 0.175. The summed E-state index contributed by atoms with van der Waals surface area (Å²) in [4.78, 5) is 0. The van der Waals surface area contributed by atoms with Crippen molar-refractivity contribution in [2.75, 3.05) is 5.32 Å². The molecule has 0 saturated heterocycles. The zero-order chi connectivity index (χ0) is 28.4. The van der Waals surface area contributed by atoms with Crippen molar-refractivity contribution in [2.24, 2.45) is 5.92 Å². The highest BCUT2D eigenvalue weighted by Gasteiger charge is 2.48. The maximum atomic E-state index is 13.3. The van der Waals surface area contributed by atoms with Gasteiger partial charge in [0.25, 0.3) is 0 Å². The number of halogens is 6. The van der Waals surface area contributed by atoms with E-state index in [1.807, 2.05) is 43.3 Å². The first kappa shape index (κ1) is 29.3. The van der Waals surface area contributed by atoms with Crippen LogP contribution in [-0.2, 0) is 12.4 Å². The van der Waals surface area contributed by atoms with Gasteiger partial charge >= 0.3 is 12.4 Å². The van der Waals surface area contributed by atoms with Gasteiger partial charge in [0.2, 0.25) is 0 Å². The Morgan fingerprint density at radius 1 is 0.872 bits per heavy atom. The zero-order valence-electron chi connectivity index (χ0n) is 21.4. The molecule has 0 radical (unpaired) electrons. The van der Waals surface area contributed by atoms with E-state index in [1.165, 1.54) is 10.6 Å². The molecule has 4 rings (SSSR count). The van der Waals surface area contributed by atoms with Gasteiger partial charge in [0.05, 0.1) is 11.1 Å². The maximum absolute atomic E-state index is 13.3. The molecule has 3 atom stereocenters. The van der Waals surface area contributed by atoms with E-state index in [9.17, 15) is 26.3 Å². The molecule has 0 amide bonds. The summed E-state index contributed by atoms with van der Waals surface area (Å²) in [6.07, 6.45) is -6.95. The largest absolute Gasteiger partial charge is 0.416 e. The number of thiocarbonyl (C=S) groups is 1. The van der Waals surface area contributed by atoms with Gasteiger partial charge in [0.15, 0.2) is 5.11 Å². The fourth-order valence-electron chi connectivity index (χ4n) is 5.64. The summed E-state index contributed by atoms with van der Waals surface area (Å²) in [5, 5.41) is 8.11. The number of benzene rings is 3. The second-order valence-electron chi connectivity index (χ2n) is 10.0. The number of rotatable bonds is 6. The Bertz CT molecular complexity index is 1210. The number of hydrogen-bond acceptors (Lipinski definition) is 1. The predicted molar refractivity (Wildman–Crippen MR) is 150 cm³/mol. The monoisotopic (exact) mass is 582 g/mol. The Morgan fingerprint density at radius 2 is 1.36 bits per heavy atom. The fourth-order valence-corrected chi connectivity index (χ4v) is 9.43. The molecule has 2 nitrogen and oxygen atoms in total. The molecule has 10 heteroatoms. The maximum Gasteiger partial charge on any atom is 0.416 e. The van der Waals surface area contributed by atoms with Crippen LogP contribution in [0.4, 0.5) is 32.0 Å². The van der Waals surface area contributed by atoms with Gasteiger partial charge in [-0.3, -0.25) is 0 Å². The minimum absolute atomic E-state index is 0.0204. The topological polar surface area (TPSA) is 24.1 Å². The lowest BCUT2D eigenvalue weighted by Crippen LogP contribution is -2.48. The third-order valence-corrected chi connectivity index (χ3v) is 10.8. The standard InChI is InChI=1S/C29H29F6N2PS/c1-19(36-26(39)37-22-17-20(28(30,31)32)16-21(18-22)29(33,34)35)25-14-9-15-27(25,2)38(23-10-5-3-6-11-23)24-12-7-4-8-13-24/h3-8,10-13,16-19,25H,9,14-15H2,1-2H3,(H2,36,37,39)/t19-,25+,27?/m1/s1. The highest BCUT2D eigenvalue weighted by molar-refractivity contribution is 7.80. The zero-order valence-corrected chi connectivity index (χ0v) is 23.1. The van der Waals surface area contributed by atoms with Crippen LogP contribution in [0.5, 0.6) is 0 Å². The summed E-state index contributed by atoms with van der Waals surface area (Å²) in [7, 11) is -0.767. The van der Waals surface area contributed by atoms with Crippen LogP contribution in [0.15, 0.2) is 78.9 Å². The van der Waals surface area contributed by atoms with Crippen molar-refractivity contribution in [3.05, 3.63) is 90.0 Å². The van der Waals surface area contributed by atoms with Crippen molar-refractivity contribution in [2.45, 2.75) is 56.7 Å². The Labute approximate surface area is 231 Å². The third kappa shape index (κ3) is 6.75. The highest BCUT2D eigenvalue weighted by Crippen LogP contribution is 2.59. The van der Waals surface area contributed by atoms with Gasteiger partial charge < -0.3 is 10.6 Å². The van der Waals surface area contributed by atoms with Crippen molar-refractivity contribution in [1.82, 2.24) is 5.32 Å². The average Bonchev–Trinajstić information content (AvgIpc) is 3.26. The van der Waals surface area contributed by atoms with E-state index in [4.69, 9.17) is 12.2 Å². The van der Waals surface area contributed by atoms with Crippen LogP contribution in [0, 0.1) is 5.92 Å².